The lowest BCUT2D eigenvalue weighted by Gasteiger charge is -2.27. The third-order valence-corrected chi connectivity index (χ3v) is 11.6. The first-order valence-electron chi connectivity index (χ1n) is 23.5. The minimum atomic E-state index is -1.31. The van der Waals surface area contributed by atoms with E-state index in [9.17, 15) is 48.6 Å². The van der Waals surface area contributed by atoms with Gasteiger partial charge < -0.3 is 52.7 Å². The first kappa shape index (κ1) is 53.4. The number of carboxylic acids is 1. The molecule has 0 spiro atoms. The Labute approximate surface area is 407 Å². The molecule has 10 N–H and O–H groups in total. The molecule has 7 amide bonds. The summed E-state index contributed by atoms with van der Waals surface area (Å²) < 4.78 is 0. The highest BCUT2D eigenvalue weighted by atomic mass is 16.4. The van der Waals surface area contributed by atoms with E-state index in [2.05, 4.69) is 42.5 Å². The monoisotopic (exact) mass is 960 g/mol. The molecule has 4 aromatic rings. The van der Waals surface area contributed by atoms with Gasteiger partial charge in [0.15, 0.2) is 0 Å². The number of hydrogen-bond donors (Lipinski definition) is 10. The highest BCUT2D eigenvalue weighted by Crippen LogP contribution is 2.14. The highest BCUT2D eigenvalue weighted by Gasteiger charge is 2.33. The minimum absolute atomic E-state index is 0.00403. The van der Waals surface area contributed by atoms with E-state index in [4.69, 9.17) is 0 Å². The van der Waals surface area contributed by atoms with Crippen LogP contribution in [-0.4, -0.2) is 113 Å². The fraction of sp³-hybridized carbons (Fsp3) is 0.385. The molecular weight excluding hydrogens is 897 g/mol. The standard InChI is InChI=1S/C52H64N8O10/c1-32(2)26-40(57-48(65)39-20-13-25-53-39)49(66)59-43(28-35-16-9-5-10-17-35)50(67)58-41(29-37-21-23-38(61)24-22-37)47(64)54-31-45(62)55-33(3)46(63)56-42(27-34-14-7-4-8-15-34)51(68)60-44(52(69)70)30-36-18-11-6-12-19-36/h4-12,14-19,21-24,32-33,39-44,53,61H,13,20,25-31H2,1-3H3,(H,54,64)(H,55,62)(H,56,63)(H,57,65)(H,58,67)(H,59,66)(H,60,68)(H,69,70)/t33-,39-,40-,41-,42-,43-,44-/m0/s1. The molecule has 1 fully saturated rings. The maximum atomic E-state index is 14.3. The number of benzene rings is 4. The van der Waals surface area contributed by atoms with Crippen molar-refractivity contribution in [1.82, 2.24) is 42.5 Å². The van der Waals surface area contributed by atoms with Gasteiger partial charge in [-0.25, -0.2) is 4.79 Å². The molecule has 1 saturated heterocycles. The van der Waals surface area contributed by atoms with Crippen LogP contribution in [0.25, 0.3) is 0 Å². The molecule has 1 heterocycles. The lowest BCUT2D eigenvalue weighted by Crippen LogP contribution is -2.59. The molecule has 0 aromatic heterocycles. The van der Waals surface area contributed by atoms with Gasteiger partial charge in [0.05, 0.1) is 12.6 Å². The van der Waals surface area contributed by atoms with Crippen molar-refractivity contribution in [2.75, 3.05) is 13.1 Å². The Morgan fingerprint density at radius 2 is 0.957 bits per heavy atom. The van der Waals surface area contributed by atoms with E-state index in [1.165, 1.54) is 19.1 Å². The predicted octanol–water partition coefficient (Wildman–Crippen LogP) is 1.59. The summed E-state index contributed by atoms with van der Waals surface area (Å²) >= 11 is 0. The lowest BCUT2D eigenvalue weighted by molar-refractivity contribution is -0.142. The third-order valence-electron chi connectivity index (χ3n) is 11.6. The number of phenols is 1. The van der Waals surface area contributed by atoms with Crippen molar-refractivity contribution in [3.8, 4) is 5.75 Å². The van der Waals surface area contributed by atoms with Crippen LogP contribution in [0.15, 0.2) is 115 Å². The third kappa shape index (κ3) is 17.5. The zero-order valence-electron chi connectivity index (χ0n) is 39.6. The molecule has 0 unspecified atom stereocenters. The second kappa shape index (κ2) is 26.8. The van der Waals surface area contributed by atoms with Crippen molar-refractivity contribution in [2.45, 2.75) is 108 Å². The van der Waals surface area contributed by atoms with Gasteiger partial charge in [-0.1, -0.05) is 117 Å². The maximum Gasteiger partial charge on any atom is 0.326 e. The van der Waals surface area contributed by atoms with E-state index in [1.807, 2.05) is 13.8 Å². The number of rotatable bonds is 25. The van der Waals surface area contributed by atoms with Gasteiger partial charge in [0, 0.05) is 25.7 Å². The van der Waals surface area contributed by atoms with Crippen molar-refractivity contribution < 1.29 is 48.6 Å². The average Bonchev–Trinajstić information content (AvgIpc) is 3.89. The normalized spacial score (nSPS) is 15.7. The van der Waals surface area contributed by atoms with Crippen molar-refractivity contribution >= 4 is 47.3 Å². The second-order valence-electron chi connectivity index (χ2n) is 17.9. The number of phenolic OH excluding ortho intramolecular Hbond substituents is 1. The van der Waals surface area contributed by atoms with E-state index >= 15 is 0 Å². The number of aromatic hydroxyl groups is 1. The van der Waals surface area contributed by atoms with E-state index in [0.29, 0.717) is 41.6 Å². The molecule has 18 heteroatoms. The summed E-state index contributed by atoms with van der Waals surface area (Å²) in [6.45, 7) is 5.25. The van der Waals surface area contributed by atoms with Gasteiger partial charge >= 0.3 is 5.97 Å². The van der Waals surface area contributed by atoms with Crippen LogP contribution in [0, 0.1) is 5.92 Å². The molecule has 4 aromatic carbocycles. The molecule has 0 bridgehead atoms. The van der Waals surface area contributed by atoms with Crippen LogP contribution in [0.5, 0.6) is 5.75 Å². The predicted molar refractivity (Wildman–Crippen MR) is 261 cm³/mol. The Hall–Kier alpha value is -7.60. The molecule has 70 heavy (non-hydrogen) atoms. The van der Waals surface area contributed by atoms with Crippen molar-refractivity contribution in [3.05, 3.63) is 138 Å². The van der Waals surface area contributed by atoms with Gasteiger partial charge in [0.25, 0.3) is 0 Å². The van der Waals surface area contributed by atoms with E-state index in [-0.39, 0.29) is 43.3 Å². The van der Waals surface area contributed by atoms with Crippen molar-refractivity contribution in [2.24, 2.45) is 5.92 Å². The molecule has 18 nitrogen and oxygen atoms in total. The molecule has 1 aliphatic rings. The summed E-state index contributed by atoms with van der Waals surface area (Å²) in [6.07, 6.45) is 1.69. The fourth-order valence-electron chi connectivity index (χ4n) is 7.89. The van der Waals surface area contributed by atoms with Crippen molar-refractivity contribution in [1.29, 1.82) is 0 Å². The van der Waals surface area contributed by atoms with Gasteiger partial charge in [-0.3, -0.25) is 33.6 Å². The average molecular weight is 961 g/mol. The summed E-state index contributed by atoms with van der Waals surface area (Å²) in [7, 11) is 0. The number of hydrogen-bond acceptors (Lipinski definition) is 10. The smallest absolute Gasteiger partial charge is 0.326 e. The topological polar surface area (TPSA) is 273 Å². The van der Waals surface area contributed by atoms with Gasteiger partial charge in [-0.15, -0.1) is 0 Å². The molecule has 7 atom stereocenters. The number of carbonyl (C=O) groups excluding carboxylic acids is 7. The quantitative estimate of drug-likeness (QED) is 0.0456. The van der Waals surface area contributed by atoms with Crippen LogP contribution in [0.3, 0.4) is 0 Å². The van der Waals surface area contributed by atoms with E-state index in [0.717, 1.165) is 6.42 Å². The zero-order chi connectivity index (χ0) is 50.6. The fourth-order valence-corrected chi connectivity index (χ4v) is 7.89. The van der Waals surface area contributed by atoms with Gasteiger partial charge in [0.2, 0.25) is 41.4 Å². The number of aliphatic carboxylic acids is 1. The molecule has 0 saturated carbocycles. The Bertz CT molecular complexity index is 2380. The van der Waals surface area contributed by atoms with Gasteiger partial charge in [-0.05, 0) is 73.0 Å². The first-order valence-corrected chi connectivity index (χ1v) is 23.5. The molecule has 1 aliphatic heterocycles. The summed E-state index contributed by atoms with van der Waals surface area (Å²) in [5.41, 5.74) is 2.60. The van der Waals surface area contributed by atoms with Crippen LogP contribution in [0.1, 0.15) is 62.3 Å². The Kier molecular flexibility index (Phi) is 20.4. The minimum Gasteiger partial charge on any atom is -0.508 e. The lowest BCUT2D eigenvalue weighted by atomic mass is 10.00. The van der Waals surface area contributed by atoms with Gasteiger partial charge in [0.1, 0.15) is 42.0 Å². The maximum absolute atomic E-state index is 14.3. The number of nitrogens with one attached hydrogen (secondary N) is 8. The highest BCUT2D eigenvalue weighted by molar-refractivity contribution is 5.97. The largest absolute Gasteiger partial charge is 0.508 e. The molecule has 0 aliphatic carbocycles. The van der Waals surface area contributed by atoms with E-state index in [1.54, 1.807) is 103 Å². The Morgan fingerprint density at radius 1 is 0.529 bits per heavy atom. The number of carbonyl (C=O) groups is 8. The Morgan fingerprint density at radius 3 is 1.41 bits per heavy atom. The summed E-state index contributed by atoms with van der Waals surface area (Å²) in [5, 5.41) is 41.6. The van der Waals surface area contributed by atoms with Crippen LogP contribution >= 0.6 is 0 Å². The zero-order valence-corrected chi connectivity index (χ0v) is 39.6. The number of carboxylic acid groups (broad SMARTS) is 1. The summed E-state index contributed by atoms with van der Waals surface area (Å²) in [6, 6.07) is 24.7. The summed E-state index contributed by atoms with van der Waals surface area (Å²) in [5.74, 6) is -5.98. The molecule has 0 radical (unpaired) electrons. The van der Waals surface area contributed by atoms with Crippen LogP contribution in [0.2, 0.25) is 0 Å². The van der Waals surface area contributed by atoms with Crippen molar-refractivity contribution in [3.63, 3.8) is 0 Å². The second-order valence-corrected chi connectivity index (χ2v) is 17.9. The molecule has 5 rings (SSSR count). The molecular formula is C52H64N8O10. The van der Waals surface area contributed by atoms with Gasteiger partial charge in [-0.2, -0.15) is 0 Å². The first-order chi connectivity index (χ1) is 33.5. The van der Waals surface area contributed by atoms with Crippen LogP contribution < -0.4 is 42.5 Å². The van der Waals surface area contributed by atoms with E-state index < -0.39 is 90.3 Å². The molecule has 372 valence electrons. The van der Waals surface area contributed by atoms with Crippen LogP contribution in [-0.2, 0) is 64.0 Å². The Balaban J connectivity index is 1.26. The number of amides is 7. The van der Waals surface area contributed by atoms with Crippen LogP contribution in [0.4, 0.5) is 0 Å². The summed E-state index contributed by atoms with van der Waals surface area (Å²) in [4.78, 5) is 108. The SMILES string of the molecule is CC(C)C[C@H](NC(=O)[C@@H]1CCCN1)C(=O)N[C@@H](Cc1ccccc1)C(=O)N[C@@H](Cc1ccc(O)cc1)C(=O)NCC(=O)N[C@@H](C)C(=O)N[C@@H](Cc1ccccc1)C(=O)N[C@@H](Cc1ccccc1)C(=O)O.